The van der Waals surface area contributed by atoms with Crippen molar-refractivity contribution in [2.75, 3.05) is 0 Å². The molecule has 5 heteroatoms. The summed E-state index contributed by atoms with van der Waals surface area (Å²) in [5.41, 5.74) is 8.00. The molecule has 8 rings (SSSR count). The number of nitrogens with zero attached hydrogens (tertiary/aromatic N) is 4. The number of thiophene rings is 1. The molecular weight excluding hydrogens is 569 g/mol. The van der Waals surface area contributed by atoms with Crippen LogP contribution in [0, 0.1) is 11.3 Å². The van der Waals surface area contributed by atoms with Crippen molar-refractivity contribution in [3.05, 3.63) is 151 Å². The summed E-state index contributed by atoms with van der Waals surface area (Å²) in [6, 6.07) is 51.7. The first-order chi connectivity index (χ1) is 22.2. The third kappa shape index (κ3) is 5.04. The van der Waals surface area contributed by atoms with Crippen molar-refractivity contribution in [1.82, 2.24) is 15.0 Å². The van der Waals surface area contributed by atoms with Gasteiger partial charge in [-0.25, -0.2) is 15.0 Å². The van der Waals surface area contributed by atoms with E-state index in [1.807, 2.05) is 66.7 Å². The molecule has 0 saturated carbocycles. The highest BCUT2D eigenvalue weighted by Crippen LogP contribution is 2.41. The van der Waals surface area contributed by atoms with E-state index in [-0.39, 0.29) is 0 Å². The van der Waals surface area contributed by atoms with Gasteiger partial charge in [-0.15, -0.1) is 11.3 Å². The predicted octanol–water partition coefficient (Wildman–Crippen LogP) is 10.4. The van der Waals surface area contributed by atoms with Gasteiger partial charge in [0, 0.05) is 36.9 Å². The lowest BCUT2D eigenvalue weighted by molar-refractivity contribution is 1.07. The molecule has 8 aromatic rings. The average Bonchev–Trinajstić information content (AvgIpc) is 3.50. The third-order valence-corrected chi connectivity index (χ3v) is 9.12. The summed E-state index contributed by atoms with van der Waals surface area (Å²) >= 11 is 1.79. The summed E-state index contributed by atoms with van der Waals surface area (Å²) < 4.78 is 2.45. The number of aromatic nitrogens is 3. The minimum atomic E-state index is 0.619. The van der Waals surface area contributed by atoms with E-state index >= 15 is 0 Å². The van der Waals surface area contributed by atoms with Crippen LogP contribution in [0.4, 0.5) is 0 Å². The van der Waals surface area contributed by atoms with E-state index in [2.05, 4.69) is 84.9 Å². The summed E-state index contributed by atoms with van der Waals surface area (Å²) in [4.78, 5) is 14.9. The fraction of sp³-hybridized carbons (Fsp3) is 0. The molecule has 2 heterocycles. The van der Waals surface area contributed by atoms with Crippen LogP contribution < -0.4 is 0 Å². The van der Waals surface area contributed by atoms with E-state index in [0.29, 0.717) is 23.0 Å². The zero-order chi connectivity index (χ0) is 30.2. The van der Waals surface area contributed by atoms with Crippen LogP contribution in [0.2, 0.25) is 0 Å². The van der Waals surface area contributed by atoms with Crippen molar-refractivity contribution < 1.29 is 0 Å². The van der Waals surface area contributed by atoms with Crippen molar-refractivity contribution in [2.45, 2.75) is 0 Å². The first kappa shape index (κ1) is 26.7. The lowest BCUT2D eigenvalue weighted by Gasteiger charge is -2.09. The summed E-state index contributed by atoms with van der Waals surface area (Å²) in [5, 5.41) is 11.6. The number of fused-ring (bicyclic) bond motifs is 3. The molecule has 6 aromatic carbocycles. The normalized spacial score (nSPS) is 11.1. The van der Waals surface area contributed by atoms with Crippen LogP contribution in [0.15, 0.2) is 146 Å². The fourth-order valence-corrected chi connectivity index (χ4v) is 6.89. The van der Waals surface area contributed by atoms with E-state index in [9.17, 15) is 0 Å². The van der Waals surface area contributed by atoms with Gasteiger partial charge in [-0.2, -0.15) is 5.26 Å². The first-order valence-corrected chi connectivity index (χ1v) is 15.5. The molecule has 0 atom stereocenters. The molecule has 0 fully saturated rings. The topological polar surface area (TPSA) is 62.5 Å². The van der Waals surface area contributed by atoms with E-state index in [4.69, 9.17) is 20.2 Å². The molecule has 0 spiro atoms. The Bertz CT molecular complexity index is 2350. The zero-order valence-electron chi connectivity index (χ0n) is 24.1. The van der Waals surface area contributed by atoms with Crippen molar-refractivity contribution >= 4 is 31.5 Å². The summed E-state index contributed by atoms with van der Waals surface area (Å²) in [5.74, 6) is 1.89. The Morgan fingerprint density at radius 2 is 0.978 bits per heavy atom. The second-order valence-corrected chi connectivity index (χ2v) is 11.9. The first-order valence-electron chi connectivity index (χ1n) is 14.7. The number of benzene rings is 6. The highest BCUT2D eigenvalue weighted by Gasteiger charge is 2.16. The van der Waals surface area contributed by atoms with E-state index in [1.165, 1.54) is 31.3 Å². The number of hydrogen-bond donors (Lipinski definition) is 0. The van der Waals surface area contributed by atoms with Crippen LogP contribution in [-0.2, 0) is 0 Å². The number of nitriles is 1. The highest BCUT2D eigenvalue weighted by atomic mass is 32.1. The largest absolute Gasteiger partial charge is 0.208 e. The molecule has 45 heavy (non-hydrogen) atoms. The van der Waals surface area contributed by atoms with Crippen molar-refractivity contribution in [3.8, 4) is 62.5 Å². The minimum absolute atomic E-state index is 0.619. The molecule has 0 aliphatic heterocycles. The van der Waals surface area contributed by atoms with Gasteiger partial charge in [0.25, 0.3) is 0 Å². The Morgan fingerprint density at radius 1 is 0.444 bits per heavy atom. The van der Waals surface area contributed by atoms with Crippen LogP contribution in [0.25, 0.3) is 76.6 Å². The molecular formula is C40H24N4S. The Hall–Kier alpha value is -5.96. The molecule has 0 aliphatic rings. The molecule has 0 aliphatic carbocycles. The molecule has 210 valence electrons. The quantitative estimate of drug-likeness (QED) is 0.199. The molecule has 0 amide bonds. The maximum atomic E-state index is 9.14. The van der Waals surface area contributed by atoms with Gasteiger partial charge < -0.3 is 0 Å². The van der Waals surface area contributed by atoms with Crippen LogP contribution in [-0.4, -0.2) is 15.0 Å². The van der Waals surface area contributed by atoms with Gasteiger partial charge in [-0.05, 0) is 46.5 Å². The van der Waals surface area contributed by atoms with Crippen molar-refractivity contribution in [1.29, 1.82) is 5.26 Å². The van der Waals surface area contributed by atoms with E-state index in [0.717, 1.165) is 27.8 Å². The van der Waals surface area contributed by atoms with Crippen LogP contribution in [0.1, 0.15) is 5.56 Å². The predicted molar refractivity (Wildman–Crippen MR) is 185 cm³/mol. The molecule has 0 radical (unpaired) electrons. The summed E-state index contributed by atoms with van der Waals surface area (Å²) in [7, 11) is 0. The summed E-state index contributed by atoms with van der Waals surface area (Å²) in [6.07, 6.45) is 0. The minimum Gasteiger partial charge on any atom is -0.208 e. The molecule has 0 unspecified atom stereocenters. The number of hydrogen-bond acceptors (Lipinski definition) is 5. The molecule has 0 bridgehead atoms. The van der Waals surface area contributed by atoms with Gasteiger partial charge in [0.05, 0.1) is 11.6 Å². The number of rotatable bonds is 5. The third-order valence-electron chi connectivity index (χ3n) is 8.00. The molecule has 0 saturated heterocycles. The van der Waals surface area contributed by atoms with E-state index in [1.54, 1.807) is 11.3 Å². The maximum Gasteiger partial charge on any atom is 0.164 e. The van der Waals surface area contributed by atoms with Gasteiger partial charge in [0.1, 0.15) is 0 Å². The maximum absolute atomic E-state index is 9.14. The van der Waals surface area contributed by atoms with Gasteiger partial charge >= 0.3 is 0 Å². The Labute approximate surface area is 264 Å². The second-order valence-electron chi connectivity index (χ2n) is 10.8. The summed E-state index contributed by atoms with van der Waals surface area (Å²) in [6.45, 7) is 0. The molecule has 4 nitrogen and oxygen atoms in total. The zero-order valence-corrected chi connectivity index (χ0v) is 24.9. The van der Waals surface area contributed by atoms with Crippen LogP contribution >= 0.6 is 11.3 Å². The Morgan fingerprint density at radius 3 is 1.62 bits per heavy atom. The van der Waals surface area contributed by atoms with E-state index < -0.39 is 0 Å². The Balaban J connectivity index is 1.23. The van der Waals surface area contributed by atoms with Gasteiger partial charge in [0.2, 0.25) is 0 Å². The van der Waals surface area contributed by atoms with Crippen LogP contribution in [0.5, 0.6) is 0 Å². The lowest BCUT2D eigenvalue weighted by Crippen LogP contribution is -2.00. The highest BCUT2D eigenvalue weighted by molar-refractivity contribution is 7.26. The Kier molecular flexibility index (Phi) is 6.68. The molecule has 2 aromatic heterocycles. The lowest BCUT2D eigenvalue weighted by atomic mass is 9.99. The standard InChI is InChI=1S/C40H24N4S/c41-25-26-14-16-27(17-15-26)28-18-20-31(21-19-28)39-42-38(30-10-5-2-6-11-30)43-40(44-39)32-22-23-34-36(24-32)45-35-13-7-12-33(37(34)35)29-8-3-1-4-9-29/h1-24H. The second kappa shape index (κ2) is 11.3. The van der Waals surface area contributed by atoms with Crippen molar-refractivity contribution in [3.63, 3.8) is 0 Å². The average molecular weight is 593 g/mol. The van der Waals surface area contributed by atoms with Crippen LogP contribution in [0.3, 0.4) is 0 Å². The van der Waals surface area contributed by atoms with Crippen molar-refractivity contribution in [2.24, 2.45) is 0 Å². The smallest absolute Gasteiger partial charge is 0.164 e. The monoisotopic (exact) mass is 592 g/mol. The van der Waals surface area contributed by atoms with Gasteiger partial charge in [0.15, 0.2) is 17.5 Å². The van der Waals surface area contributed by atoms with Gasteiger partial charge in [-0.3, -0.25) is 0 Å². The SMILES string of the molecule is N#Cc1ccc(-c2ccc(-c3nc(-c4ccccc4)nc(-c4ccc5c(c4)sc4cccc(-c6ccccc6)c45)n3)cc2)cc1. The molecule has 0 N–H and O–H groups in total. The van der Waals surface area contributed by atoms with Gasteiger partial charge in [-0.1, -0.05) is 121 Å². The fourth-order valence-electron chi connectivity index (χ4n) is 5.72.